The Morgan fingerprint density at radius 1 is 1.22 bits per heavy atom. The summed E-state index contributed by atoms with van der Waals surface area (Å²) in [5.74, 6) is 0.855. The predicted octanol–water partition coefficient (Wildman–Crippen LogP) is 3.39. The van der Waals surface area contributed by atoms with Crippen LogP contribution in [0.5, 0.6) is 5.75 Å². The molecule has 0 atom stereocenters. The molecule has 0 saturated heterocycles. The highest BCUT2D eigenvalue weighted by Crippen LogP contribution is 2.21. The van der Waals surface area contributed by atoms with E-state index in [4.69, 9.17) is 25.6 Å². The molecule has 3 rings (SSSR count). The van der Waals surface area contributed by atoms with E-state index in [1.807, 2.05) is 0 Å². The van der Waals surface area contributed by atoms with Gasteiger partial charge in [0.05, 0.1) is 11.5 Å². The minimum atomic E-state index is -0.490. The molecule has 32 heavy (non-hydrogen) atoms. The quantitative estimate of drug-likeness (QED) is 0.315. The van der Waals surface area contributed by atoms with Crippen LogP contribution in [0.2, 0.25) is 5.02 Å². The molecule has 0 aliphatic heterocycles. The van der Waals surface area contributed by atoms with Gasteiger partial charge >= 0.3 is 0 Å². The third-order valence-electron chi connectivity index (χ3n) is 4.47. The molecule has 0 aliphatic carbocycles. The smallest absolute Gasteiger partial charge is 0.270 e. The first-order chi connectivity index (χ1) is 15.5. The van der Waals surface area contributed by atoms with Gasteiger partial charge in [-0.3, -0.25) is 14.9 Å². The summed E-state index contributed by atoms with van der Waals surface area (Å²) in [5, 5.41) is 15.4. The maximum Gasteiger partial charge on any atom is 0.270 e. The molecule has 3 aromatic rings. The molecule has 1 amide bonds. The second-order valence-corrected chi connectivity index (χ2v) is 7.12. The number of halogens is 1. The standard InChI is InChI=1S/C21H21ClN4O6/c1-30-12-11-25(20(27)14-31-18-7-5-16(22)6-8-18)10-9-19-23-21(24-32-19)15-3-2-4-17(13-15)26(28)29/h2-8,13H,9-12,14H2,1H3. The molecular weight excluding hydrogens is 440 g/mol. The Balaban J connectivity index is 1.60. The Labute approximate surface area is 188 Å². The van der Waals surface area contributed by atoms with Gasteiger partial charge in [-0.2, -0.15) is 4.98 Å². The maximum atomic E-state index is 12.6. The number of nitro groups is 1. The molecule has 0 bridgehead atoms. The summed E-state index contributed by atoms with van der Waals surface area (Å²) in [7, 11) is 1.55. The number of amides is 1. The molecule has 0 fully saturated rings. The molecule has 0 N–H and O–H groups in total. The van der Waals surface area contributed by atoms with Crippen LogP contribution in [0.25, 0.3) is 11.4 Å². The zero-order valence-electron chi connectivity index (χ0n) is 17.3. The van der Waals surface area contributed by atoms with E-state index in [0.717, 1.165) is 0 Å². The van der Waals surface area contributed by atoms with Crippen molar-refractivity contribution in [3.8, 4) is 17.1 Å². The lowest BCUT2D eigenvalue weighted by molar-refractivity contribution is -0.384. The highest BCUT2D eigenvalue weighted by atomic mass is 35.5. The Hall–Kier alpha value is -3.50. The van der Waals surface area contributed by atoms with Gasteiger partial charge in [0, 0.05) is 49.3 Å². The predicted molar refractivity (Wildman–Crippen MR) is 115 cm³/mol. The lowest BCUT2D eigenvalue weighted by Gasteiger charge is -2.21. The zero-order valence-corrected chi connectivity index (χ0v) is 18.0. The van der Waals surface area contributed by atoms with Gasteiger partial charge in [0.25, 0.3) is 11.6 Å². The van der Waals surface area contributed by atoms with Crippen molar-refractivity contribution in [1.29, 1.82) is 0 Å². The summed E-state index contributed by atoms with van der Waals surface area (Å²) in [6.07, 6.45) is 0.304. The number of rotatable bonds is 11. The van der Waals surface area contributed by atoms with Crippen molar-refractivity contribution in [2.24, 2.45) is 0 Å². The third kappa shape index (κ3) is 6.50. The number of hydrogen-bond acceptors (Lipinski definition) is 8. The van der Waals surface area contributed by atoms with E-state index in [-0.39, 0.29) is 24.0 Å². The molecule has 2 aromatic carbocycles. The fraction of sp³-hybridized carbons (Fsp3) is 0.286. The first-order valence-electron chi connectivity index (χ1n) is 9.69. The fourth-order valence-corrected chi connectivity index (χ4v) is 2.92. The Morgan fingerprint density at radius 3 is 2.72 bits per heavy atom. The van der Waals surface area contributed by atoms with E-state index >= 15 is 0 Å². The van der Waals surface area contributed by atoms with Crippen LogP contribution in [0.15, 0.2) is 53.1 Å². The van der Waals surface area contributed by atoms with Crippen LogP contribution in [-0.4, -0.2) is 59.3 Å². The van der Waals surface area contributed by atoms with Gasteiger partial charge in [-0.25, -0.2) is 0 Å². The summed E-state index contributed by atoms with van der Waals surface area (Å²) < 4.78 is 15.9. The lowest BCUT2D eigenvalue weighted by Crippen LogP contribution is -2.38. The Bertz CT molecular complexity index is 1060. The molecule has 0 spiro atoms. The number of nitro benzene ring substituents is 1. The van der Waals surface area contributed by atoms with Gasteiger partial charge in [-0.15, -0.1) is 0 Å². The average molecular weight is 461 g/mol. The number of benzene rings is 2. The molecule has 0 radical (unpaired) electrons. The van der Waals surface area contributed by atoms with E-state index in [2.05, 4.69) is 10.1 Å². The number of carbonyl (C=O) groups excluding carboxylic acids is 1. The second kappa shape index (κ2) is 11.2. The van der Waals surface area contributed by atoms with Crippen LogP contribution in [0.3, 0.4) is 0 Å². The average Bonchev–Trinajstić information content (AvgIpc) is 3.28. The molecule has 10 nitrogen and oxygen atoms in total. The van der Waals surface area contributed by atoms with Crippen LogP contribution in [0.4, 0.5) is 5.69 Å². The van der Waals surface area contributed by atoms with Crippen molar-refractivity contribution in [3.05, 3.63) is 69.6 Å². The fourth-order valence-electron chi connectivity index (χ4n) is 2.79. The molecule has 0 aliphatic rings. The topological polar surface area (TPSA) is 121 Å². The van der Waals surface area contributed by atoms with Gasteiger partial charge in [-0.05, 0) is 24.3 Å². The van der Waals surface area contributed by atoms with Gasteiger partial charge in [0.2, 0.25) is 11.7 Å². The number of ether oxygens (including phenoxy) is 2. The second-order valence-electron chi connectivity index (χ2n) is 6.69. The van der Waals surface area contributed by atoms with Crippen molar-refractivity contribution in [1.82, 2.24) is 15.0 Å². The van der Waals surface area contributed by atoms with E-state index in [1.165, 1.54) is 12.1 Å². The highest BCUT2D eigenvalue weighted by Gasteiger charge is 2.17. The highest BCUT2D eigenvalue weighted by molar-refractivity contribution is 6.30. The van der Waals surface area contributed by atoms with Crippen molar-refractivity contribution in [2.45, 2.75) is 6.42 Å². The first-order valence-corrected chi connectivity index (χ1v) is 10.1. The van der Waals surface area contributed by atoms with Gasteiger partial charge in [0.1, 0.15) is 5.75 Å². The van der Waals surface area contributed by atoms with Crippen LogP contribution < -0.4 is 4.74 Å². The monoisotopic (exact) mass is 460 g/mol. The van der Waals surface area contributed by atoms with Gasteiger partial charge < -0.3 is 18.9 Å². The summed E-state index contributed by atoms with van der Waals surface area (Å²) >= 11 is 5.85. The number of hydrogen-bond donors (Lipinski definition) is 0. The largest absolute Gasteiger partial charge is 0.484 e. The number of methoxy groups -OCH3 is 1. The number of carbonyl (C=O) groups is 1. The molecule has 1 aromatic heterocycles. The summed E-state index contributed by atoms with van der Waals surface area (Å²) in [5.41, 5.74) is 0.406. The van der Waals surface area contributed by atoms with Crippen LogP contribution in [0, 0.1) is 10.1 Å². The Kier molecular flexibility index (Phi) is 8.12. The van der Waals surface area contributed by atoms with Gasteiger partial charge in [0.15, 0.2) is 6.61 Å². The third-order valence-corrected chi connectivity index (χ3v) is 4.72. The summed E-state index contributed by atoms with van der Waals surface area (Å²) in [4.78, 5) is 29.0. The van der Waals surface area contributed by atoms with Crippen LogP contribution in [-0.2, 0) is 16.0 Å². The van der Waals surface area contributed by atoms with Crippen molar-refractivity contribution in [2.75, 3.05) is 33.4 Å². The molecule has 0 unspecified atom stereocenters. The van der Waals surface area contributed by atoms with E-state index in [9.17, 15) is 14.9 Å². The normalized spacial score (nSPS) is 10.7. The van der Waals surface area contributed by atoms with E-state index in [0.29, 0.717) is 48.3 Å². The van der Waals surface area contributed by atoms with Crippen LogP contribution in [0.1, 0.15) is 5.89 Å². The number of non-ortho nitro benzene ring substituents is 1. The molecule has 11 heteroatoms. The number of aromatic nitrogens is 2. The molecule has 1 heterocycles. The summed E-state index contributed by atoms with van der Waals surface area (Å²) in [6.45, 7) is 0.886. The zero-order chi connectivity index (χ0) is 22.9. The molecular formula is C21H21ClN4O6. The lowest BCUT2D eigenvalue weighted by atomic mass is 10.2. The minimum Gasteiger partial charge on any atom is -0.484 e. The van der Waals surface area contributed by atoms with Crippen molar-refractivity contribution in [3.63, 3.8) is 0 Å². The first kappa shape index (κ1) is 23.2. The Morgan fingerprint density at radius 2 is 2.00 bits per heavy atom. The summed E-state index contributed by atoms with van der Waals surface area (Å²) in [6, 6.07) is 12.7. The van der Waals surface area contributed by atoms with E-state index < -0.39 is 4.92 Å². The number of nitrogens with zero attached hydrogens (tertiary/aromatic N) is 4. The minimum absolute atomic E-state index is 0.0640. The molecule has 168 valence electrons. The molecule has 0 saturated carbocycles. The van der Waals surface area contributed by atoms with Gasteiger partial charge in [-0.1, -0.05) is 28.9 Å². The maximum absolute atomic E-state index is 12.6. The van der Waals surface area contributed by atoms with Crippen LogP contribution >= 0.6 is 11.6 Å². The SMILES string of the molecule is COCCN(CCc1nc(-c2cccc([N+](=O)[O-])c2)no1)C(=O)COc1ccc(Cl)cc1. The van der Waals surface area contributed by atoms with Crippen molar-refractivity contribution >= 4 is 23.2 Å². The van der Waals surface area contributed by atoms with E-state index in [1.54, 1.807) is 48.4 Å². The van der Waals surface area contributed by atoms with Crippen molar-refractivity contribution < 1.29 is 23.7 Å².